The molecule has 0 atom stereocenters. The number of carbonyl (C=O) groups excluding carboxylic acids is 1. The summed E-state index contributed by atoms with van der Waals surface area (Å²) in [6, 6.07) is 4.16. The van der Waals surface area contributed by atoms with Gasteiger partial charge in [-0.2, -0.15) is 0 Å². The maximum absolute atomic E-state index is 11.9. The molecule has 1 heterocycles. The van der Waals surface area contributed by atoms with Gasteiger partial charge in [0.1, 0.15) is 5.01 Å². The number of rotatable bonds is 4. The Morgan fingerprint density at radius 2 is 2.05 bits per heavy atom. The fourth-order valence-electron chi connectivity index (χ4n) is 1.56. The summed E-state index contributed by atoms with van der Waals surface area (Å²) < 4.78 is 1.09. The molecule has 0 radical (unpaired) electrons. The van der Waals surface area contributed by atoms with Crippen LogP contribution in [0.4, 0.5) is 5.13 Å². The molecule has 1 aromatic heterocycles. The lowest BCUT2D eigenvalue weighted by Gasteiger charge is -2.08. The van der Waals surface area contributed by atoms with Crippen LogP contribution in [0, 0.1) is 20.8 Å². The van der Waals surface area contributed by atoms with Crippen LogP contribution in [0.1, 0.15) is 16.1 Å². The molecule has 0 unspecified atom stereocenters. The highest BCUT2D eigenvalue weighted by Gasteiger charge is 2.09. The minimum atomic E-state index is -0.0638. The smallest absolute Gasteiger partial charge is 0.236 e. The number of aryl methyl sites for hydroxylation is 3. The average Bonchev–Trinajstić information content (AvgIpc) is 2.77. The van der Waals surface area contributed by atoms with Crippen molar-refractivity contribution in [1.82, 2.24) is 10.2 Å². The second-order valence-electron chi connectivity index (χ2n) is 4.33. The molecule has 0 spiro atoms. The molecule has 4 nitrogen and oxygen atoms in total. The molecule has 1 N–H and O–H groups in total. The maximum Gasteiger partial charge on any atom is 0.236 e. The Balaban J connectivity index is 1.95. The third-order valence-electron chi connectivity index (χ3n) is 2.59. The molecule has 2 aromatic rings. The van der Waals surface area contributed by atoms with Crippen LogP contribution < -0.4 is 5.32 Å². The number of halogens is 1. The monoisotopic (exact) mass is 371 g/mol. The van der Waals surface area contributed by atoms with E-state index >= 15 is 0 Å². The number of amides is 1. The van der Waals surface area contributed by atoms with E-state index in [2.05, 4.69) is 43.6 Å². The van der Waals surface area contributed by atoms with Gasteiger partial charge in [-0.3, -0.25) is 10.1 Å². The topological polar surface area (TPSA) is 54.9 Å². The standard InChI is InChI=1S/C13H14BrN3OS2/c1-7-5-11(8(2)4-10(7)14)19-6-12(18)15-13-17-16-9(3)20-13/h4-5H,6H2,1-3H3,(H,15,17,18). The number of anilines is 1. The van der Waals surface area contributed by atoms with Gasteiger partial charge < -0.3 is 0 Å². The largest absolute Gasteiger partial charge is 0.300 e. The molecule has 7 heteroatoms. The fourth-order valence-corrected chi connectivity index (χ4v) is 3.53. The lowest BCUT2D eigenvalue weighted by atomic mass is 10.2. The zero-order valence-electron chi connectivity index (χ0n) is 11.4. The van der Waals surface area contributed by atoms with Gasteiger partial charge >= 0.3 is 0 Å². The van der Waals surface area contributed by atoms with Gasteiger partial charge in [0.25, 0.3) is 0 Å². The van der Waals surface area contributed by atoms with E-state index in [-0.39, 0.29) is 5.91 Å². The van der Waals surface area contributed by atoms with Crippen molar-refractivity contribution < 1.29 is 4.79 Å². The van der Waals surface area contributed by atoms with Gasteiger partial charge in [0.05, 0.1) is 5.75 Å². The van der Waals surface area contributed by atoms with Crippen molar-refractivity contribution in [2.45, 2.75) is 25.7 Å². The number of hydrogen-bond acceptors (Lipinski definition) is 5. The predicted molar refractivity (Wildman–Crippen MR) is 87.6 cm³/mol. The molecule has 106 valence electrons. The molecule has 0 aliphatic rings. The number of carbonyl (C=O) groups is 1. The molecule has 1 aromatic carbocycles. The summed E-state index contributed by atoms with van der Waals surface area (Å²) >= 11 is 6.41. The molecule has 0 bridgehead atoms. The highest BCUT2D eigenvalue weighted by atomic mass is 79.9. The van der Waals surface area contributed by atoms with E-state index in [4.69, 9.17) is 0 Å². The van der Waals surface area contributed by atoms with Crippen LogP contribution in [0.3, 0.4) is 0 Å². The summed E-state index contributed by atoms with van der Waals surface area (Å²) in [4.78, 5) is 13.0. The Labute approximate surface area is 134 Å². The van der Waals surface area contributed by atoms with Crippen LogP contribution in [-0.2, 0) is 4.79 Å². The summed E-state index contributed by atoms with van der Waals surface area (Å²) in [5.41, 5.74) is 2.32. The first-order chi connectivity index (χ1) is 9.45. The van der Waals surface area contributed by atoms with Crippen molar-refractivity contribution in [2.75, 3.05) is 11.1 Å². The number of hydrogen-bond donors (Lipinski definition) is 1. The Morgan fingerprint density at radius 3 is 2.70 bits per heavy atom. The molecule has 0 saturated carbocycles. The van der Waals surface area contributed by atoms with Crippen LogP contribution in [0.25, 0.3) is 0 Å². The Hall–Kier alpha value is -0.920. The highest BCUT2D eigenvalue weighted by Crippen LogP contribution is 2.28. The molecule has 0 fully saturated rings. The van der Waals surface area contributed by atoms with Crippen LogP contribution >= 0.6 is 39.0 Å². The second-order valence-corrected chi connectivity index (χ2v) is 7.38. The van der Waals surface area contributed by atoms with Crippen LogP contribution in [0.5, 0.6) is 0 Å². The van der Waals surface area contributed by atoms with E-state index in [0.29, 0.717) is 10.9 Å². The van der Waals surface area contributed by atoms with Gasteiger partial charge in [-0.25, -0.2) is 0 Å². The fraction of sp³-hybridized carbons (Fsp3) is 0.308. The number of aromatic nitrogens is 2. The van der Waals surface area contributed by atoms with Crippen LogP contribution in [0.2, 0.25) is 0 Å². The molecular formula is C13H14BrN3OS2. The van der Waals surface area contributed by atoms with E-state index in [0.717, 1.165) is 19.9 Å². The van der Waals surface area contributed by atoms with E-state index in [1.165, 1.54) is 28.7 Å². The number of benzene rings is 1. The van der Waals surface area contributed by atoms with Crippen molar-refractivity contribution in [2.24, 2.45) is 0 Å². The van der Waals surface area contributed by atoms with E-state index < -0.39 is 0 Å². The van der Waals surface area contributed by atoms with Gasteiger partial charge in [-0.1, -0.05) is 27.3 Å². The Morgan fingerprint density at radius 1 is 1.30 bits per heavy atom. The van der Waals surface area contributed by atoms with E-state index in [1.54, 1.807) is 0 Å². The first kappa shape index (κ1) is 15.5. The van der Waals surface area contributed by atoms with Gasteiger partial charge in [0.15, 0.2) is 0 Å². The van der Waals surface area contributed by atoms with E-state index in [9.17, 15) is 4.79 Å². The predicted octanol–water partition coefficient (Wildman–Crippen LogP) is 3.96. The zero-order chi connectivity index (χ0) is 14.7. The minimum absolute atomic E-state index is 0.0638. The summed E-state index contributed by atoms with van der Waals surface area (Å²) in [5.74, 6) is 0.298. The molecule has 2 rings (SSSR count). The second kappa shape index (κ2) is 6.69. The first-order valence-electron chi connectivity index (χ1n) is 5.95. The van der Waals surface area contributed by atoms with Gasteiger partial charge in [-0.15, -0.1) is 22.0 Å². The number of nitrogens with one attached hydrogen (secondary N) is 1. The van der Waals surface area contributed by atoms with Gasteiger partial charge in [0.2, 0.25) is 11.0 Å². The number of nitrogens with zero attached hydrogens (tertiary/aromatic N) is 2. The third-order valence-corrected chi connectivity index (χ3v) is 5.35. The van der Waals surface area contributed by atoms with Gasteiger partial charge in [0, 0.05) is 9.37 Å². The normalized spacial score (nSPS) is 10.6. The molecule has 0 aliphatic heterocycles. The first-order valence-corrected chi connectivity index (χ1v) is 8.54. The van der Waals surface area contributed by atoms with Crippen LogP contribution in [0.15, 0.2) is 21.5 Å². The Bertz CT molecular complexity index is 643. The van der Waals surface area contributed by atoms with Crippen LogP contribution in [-0.4, -0.2) is 21.9 Å². The quantitative estimate of drug-likeness (QED) is 0.826. The van der Waals surface area contributed by atoms with Gasteiger partial charge in [-0.05, 0) is 44.0 Å². The summed E-state index contributed by atoms with van der Waals surface area (Å²) in [6.45, 7) is 5.94. The zero-order valence-corrected chi connectivity index (χ0v) is 14.6. The molecular weight excluding hydrogens is 358 g/mol. The van der Waals surface area contributed by atoms with Crippen molar-refractivity contribution in [1.29, 1.82) is 0 Å². The highest BCUT2D eigenvalue weighted by molar-refractivity contribution is 9.10. The summed E-state index contributed by atoms with van der Waals surface area (Å²) in [5, 5.41) is 11.9. The lowest BCUT2D eigenvalue weighted by Crippen LogP contribution is -2.13. The Kier molecular flexibility index (Phi) is 5.17. The number of thioether (sulfide) groups is 1. The minimum Gasteiger partial charge on any atom is -0.300 e. The average molecular weight is 372 g/mol. The van der Waals surface area contributed by atoms with Crippen molar-refractivity contribution in [3.8, 4) is 0 Å². The molecule has 20 heavy (non-hydrogen) atoms. The third kappa shape index (κ3) is 4.04. The van der Waals surface area contributed by atoms with E-state index in [1.807, 2.05) is 20.8 Å². The maximum atomic E-state index is 11.9. The van der Waals surface area contributed by atoms with Crippen molar-refractivity contribution in [3.63, 3.8) is 0 Å². The summed E-state index contributed by atoms with van der Waals surface area (Å²) in [6.07, 6.45) is 0. The summed E-state index contributed by atoms with van der Waals surface area (Å²) in [7, 11) is 0. The van der Waals surface area contributed by atoms with Crippen molar-refractivity contribution >= 4 is 50.1 Å². The molecule has 0 saturated heterocycles. The molecule has 1 amide bonds. The SMILES string of the molecule is Cc1nnc(NC(=O)CSc2cc(C)c(Br)cc2C)s1. The van der Waals surface area contributed by atoms with Crippen molar-refractivity contribution in [3.05, 3.63) is 32.7 Å². The lowest BCUT2D eigenvalue weighted by molar-refractivity contribution is -0.113. The molecule has 0 aliphatic carbocycles.